The maximum atomic E-state index is 11.6. The number of ether oxygens (including phenoxy) is 3. The van der Waals surface area contributed by atoms with Gasteiger partial charge < -0.3 is 19.5 Å². The Kier molecular flexibility index (Phi) is 8.84. The van der Waals surface area contributed by atoms with Gasteiger partial charge in [-0.1, -0.05) is 13.5 Å². The highest BCUT2D eigenvalue weighted by Gasteiger charge is 2.26. The molecule has 0 spiro atoms. The second-order valence-electron chi connectivity index (χ2n) is 4.81. The van der Waals surface area contributed by atoms with E-state index in [1.165, 1.54) is 0 Å². The SMILES string of the molecule is C=CC(=O)OCCNC(=O)OCCOC(=O)C(C)(C)CC. The first-order valence-corrected chi connectivity index (χ1v) is 6.70. The highest BCUT2D eigenvalue weighted by atomic mass is 16.6. The summed E-state index contributed by atoms with van der Waals surface area (Å²) < 4.78 is 14.4. The lowest BCUT2D eigenvalue weighted by Crippen LogP contribution is -2.31. The van der Waals surface area contributed by atoms with Gasteiger partial charge in [-0.05, 0) is 20.3 Å². The molecule has 0 saturated heterocycles. The number of esters is 2. The quantitative estimate of drug-likeness (QED) is 0.300. The topological polar surface area (TPSA) is 90.9 Å². The smallest absolute Gasteiger partial charge is 0.407 e. The van der Waals surface area contributed by atoms with E-state index in [0.29, 0.717) is 6.42 Å². The summed E-state index contributed by atoms with van der Waals surface area (Å²) in [4.78, 5) is 33.5. The molecule has 0 aliphatic carbocycles. The zero-order valence-corrected chi connectivity index (χ0v) is 12.8. The zero-order chi connectivity index (χ0) is 16.3. The van der Waals surface area contributed by atoms with Crippen molar-refractivity contribution in [3.63, 3.8) is 0 Å². The molecule has 0 aromatic rings. The van der Waals surface area contributed by atoms with Crippen molar-refractivity contribution in [2.75, 3.05) is 26.4 Å². The number of amides is 1. The van der Waals surface area contributed by atoms with Gasteiger partial charge in [0.15, 0.2) is 0 Å². The Bertz CT molecular complexity index is 378. The van der Waals surface area contributed by atoms with Crippen LogP contribution in [0.15, 0.2) is 12.7 Å². The average molecular weight is 301 g/mol. The predicted molar refractivity (Wildman–Crippen MR) is 75.5 cm³/mol. The van der Waals surface area contributed by atoms with Gasteiger partial charge in [0.05, 0.1) is 12.0 Å². The van der Waals surface area contributed by atoms with E-state index in [9.17, 15) is 14.4 Å². The minimum absolute atomic E-state index is 0.00112. The molecule has 0 bridgehead atoms. The van der Waals surface area contributed by atoms with Gasteiger partial charge in [0.25, 0.3) is 0 Å². The molecule has 7 nitrogen and oxygen atoms in total. The Morgan fingerprint density at radius 2 is 1.71 bits per heavy atom. The number of rotatable bonds is 9. The third kappa shape index (κ3) is 8.67. The summed E-state index contributed by atoms with van der Waals surface area (Å²) in [6, 6.07) is 0. The standard InChI is InChI=1S/C14H23NO6/c1-5-11(16)19-8-7-15-13(18)21-10-9-20-12(17)14(3,4)6-2/h5H,1,6-10H2,2-4H3,(H,15,18). The van der Waals surface area contributed by atoms with Crippen molar-refractivity contribution in [3.05, 3.63) is 12.7 Å². The van der Waals surface area contributed by atoms with Crippen LogP contribution in [-0.2, 0) is 23.8 Å². The van der Waals surface area contributed by atoms with Crippen molar-refractivity contribution in [1.29, 1.82) is 0 Å². The van der Waals surface area contributed by atoms with Gasteiger partial charge >= 0.3 is 18.0 Å². The van der Waals surface area contributed by atoms with Crippen LogP contribution < -0.4 is 5.32 Å². The zero-order valence-electron chi connectivity index (χ0n) is 12.8. The Balaban J connectivity index is 3.65. The van der Waals surface area contributed by atoms with Crippen LogP contribution in [0.4, 0.5) is 4.79 Å². The molecule has 0 heterocycles. The molecule has 7 heteroatoms. The third-order valence-electron chi connectivity index (χ3n) is 2.77. The lowest BCUT2D eigenvalue weighted by molar-refractivity contribution is -0.155. The van der Waals surface area contributed by atoms with Crippen molar-refractivity contribution in [2.24, 2.45) is 5.41 Å². The molecular weight excluding hydrogens is 278 g/mol. The van der Waals surface area contributed by atoms with Gasteiger partial charge in [-0.2, -0.15) is 0 Å². The average Bonchev–Trinajstić information content (AvgIpc) is 2.47. The second-order valence-corrected chi connectivity index (χ2v) is 4.81. The summed E-state index contributed by atoms with van der Waals surface area (Å²) in [5, 5.41) is 2.38. The first-order chi connectivity index (χ1) is 9.83. The summed E-state index contributed by atoms with van der Waals surface area (Å²) in [7, 11) is 0. The van der Waals surface area contributed by atoms with Gasteiger partial charge in [-0.3, -0.25) is 4.79 Å². The van der Waals surface area contributed by atoms with Crippen LogP contribution in [0.5, 0.6) is 0 Å². The third-order valence-corrected chi connectivity index (χ3v) is 2.77. The highest BCUT2D eigenvalue weighted by Crippen LogP contribution is 2.21. The van der Waals surface area contributed by atoms with Crippen molar-refractivity contribution in [1.82, 2.24) is 5.32 Å². The Hall–Kier alpha value is -2.05. The summed E-state index contributed by atoms with van der Waals surface area (Å²) in [5.74, 6) is -0.888. The first-order valence-electron chi connectivity index (χ1n) is 6.70. The van der Waals surface area contributed by atoms with Gasteiger partial charge in [-0.25, -0.2) is 9.59 Å². The Morgan fingerprint density at radius 3 is 2.29 bits per heavy atom. The molecule has 1 N–H and O–H groups in total. The molecule has 0 aromatic carbocycles. The van der Waals surface area contributed by atoms with E-state index in [0.717, 1.165) is 6.08 Å². The van der Waals surface area contributed by atoms with Crippen LogP contribution in [-0.4, -0.2) is 44.4 Å². The fourth-order valence-corrected chi connectivity index (χ4v) is 1.02. The number of hydrogen-bond acceptors (Lipinski definition) is 6. The molecule has 1 amide bonds. The van der Waals surface area contributed by atoms with Crippen LogP contribution in [0.25, 0.3) is 0 Å². The summed E-state index contributed by atoms with van der Waals surface area (Å²) in [5.41, 5.74) is -0.544. The first kappa shape index (κ1) is 18.9. The molecule has 0 saturated carbocycles. The lowest BCUT2D eigenvalue weighted by atomic mass is 9.91. The van der Waals surface area contributed by atoms with Gasteiger partial charge in [0, 0.05) is 6.08 Å². The molecule has 0 aliphatic heterocycles. The fraction of sp³-hybridized carbons (Fsp3) is 0.643. The predicted octanol–water partition coefficient (Wildman–Crippen LogP) is 1.42. The molecule has 120 valence electrons. The summed E-state index contributed by atoms with van der Waals surface area (Å²) >= 11 is 0. The van der Waals surface area contributed by atoms with E-state index in [2.05, 4.69) is 16.6 Å². The van der Waals surface area contributed by atoms with Crippen molar-refractivity contribution >= 4 is 18.0 Å². The molecule has 0 aromatic heterocycles. The van der Waals surface area contributed by atoms with E-state index in [-0.39, 0.29) is 32.3 Å². The molecule has 0 rings (SSSR count). The lowest BCUT2D eigenvalue weighted by Gasteiger charge is -2.20. The summed E-state index contributed by atoms with van der Waals surface area (Å²) in [6.45, 7) is 8.81. The van der Waals surface area contributed by atoms with Crippen molar-refractivity contribution in [2.45, 2.75) is 27.2 Å². The minimum atomic E-state index is -0.671. The molecular formula is C14H23NO6. The van der Waals surface area contributed by atoms with E-state index in [1.807, 2.05) is 6.92 Å². The van der Waals surface area contributed by atoms with E-state index < -0.39 is 17.5 Å². The molecule has 0 radical (unpaired) electrons. The van der Waals surface area contributed by atoms with Gasteiger partial charge in [-0.15, -0.1) is 0 Å². The number of carbonyl (C=O) groups excluding carboxylic acids is 3. The van der Waals surface area contributed by atoms with Gasteiger partial charge in [0.2, 0.25) is 0 Å². The number of nitrogens with one attached hydrogen (secondary N) is 1. The monoisotopic (exact) mass is 301 g/mol. The van der Waals surface area contributed by atoms with Crippen LogP contribution in [0.1, 0.15) is 27.2 Å². The van der Waals surface area contributed by atoms with Gasteiger partial charge in [0.1, 0.15) is 19.8 Å². The molecule has 21 heavy (non-hydrogen) atoms. The normalized spacial score (nSPS) is 10.4. The Morgan fingerprint density at radius 1 is 1.10 bits per heavy atom. The largest absolute Gasteiger partial charge is 0.462 e. The van der Waals surface area contributed by atoms with Crippen LogP contribution >= 0.6 is 0 Å². The van der Waals surface area contributed by atoms with Crippen LogP contribution in [0, 0.1) is 5.41 Å². The molecule has 0 fully saturated rings. The molecule has 0 unspecified atom stereocenters. The van der Waals surface area contributed by atoms with Crippen molar-refractivity contribution in [3.8, 4) is 0 Å². The Labute approximate surface area is 124 Å². The minimum Gasteiger partial charge on any atom is -0.462 e. The van der Waals surface area contributed by atoms with E-state index >= 15 is 0 Å². The molecule has 0 atom stereocenters. The number of alkyl carbamates (subject to hydrolysis) is 1. The summed E-state index contributed by atoms with van der Waals surface area (Å²) in [6.07, 6.45) is 1.02. The number of carbonyl (C=O) groups is 3. The second kappa shape index (κ2) is 9.79. The van der Waals surface area contributed by atoms with Crippen molar-refractivity contribution < 1.29 is 28.6 Å². The maximum Gasteiger partial charge on any atom is 0.407 e. The van der Waals surface area contributed by atoms with E-state index in [1.54, 1.807) is 13.8 Å². The highest BCUT2D eigenvalue weighted by molar-refractivity contribution is 5.81. The van der Waals surface area contributed by atoms with Crippen LogP contribution in [0.3, 0.4) is 0 Å². The maximum absolute atomic E-state index is 11.6. The fourth-order valence-electron chi connectivity index (χ4n) is 1.02. The van der Waals surface area contributed by atoms with Crippen LogP contribution in [0.2, 0.25) is 0 Å². The number of hydrogen-bond donors (Lipinski definition) is 1. The molecule has 0 aliphatic rings. The van der Waals surface area contributed by atoms with E-state index in [4.69, 9.17) is 9.47 Å².